The third kappa shape index (κ3) is 3.22. The molecule has 0 aliphatic rings. The Morgan fingerprint density at radius 3 is 2.36 bits per heavy atom. The Labute approximate surface area is 164 Å². The average molecular weight is 373 g/mol. The first-order chi connectivity index (χ1) is 13.6. The Balaban J connectivity index is 1.84. The van der Waals surface area contributed by atoms with Crippen molar-refractivity contribution in [1.82, 2.24) is 4.57 Å². The Hall–Kier alpha value is -2.94. The summed E-state index contributed by atoms with van der Waals surface area (Å²) in [6, 6.07) is 19.6. The summed E-state index contributed by atoms with van der Waals surface area (Å²) < 4.78 is 16.2. The maximum Gasteiger partial charge on any atom is 0.195 e. The van der Waals surface area contributed by atoms with Gasteiger partial charge < -0.3 is 4.57 Å². The highest BCUT2D eigenvalue weighted by Gasteiger charge is 2.20. The quantitative estimate of drug-likeness (QED) is 0.355. The number of aryl methyl sites for hydroxylation is 1. The second-order valence-electron chi connectivity index (χ2n) is 7.40. The van der Waals surface area contributed by atoms with E-state index in [0.717, 1.165) is 33.7 Å². The van der Waals surface area contributed by atoms with Crippen molar-refractivity contribution < 1.29 is 9.18 Å². The van der Waals surface area contributed by atoms with Gasteiger partial charge in [-0.1, -0.05) is 67.9 Å². The van der Waals surface area contributed by atoms with Crippen LogP contribution in [0.2, 0.25) is 0 Å². The summed E-state index contributed by atoms with van der Waals surface area (Å²) >= 11 is 0. The number of hydrogen-bond donors (Lipinski definition) is 0. The first-order valence-corrected chi connectivity index (χ1v) is 9.85. The van der Waals surface area contributed by atoms with Crippen LogP contribution in [-0.4, -0.2) is 16.5 Å². The van der Waals surface area contributed by atoms with Crippen molar-refractivity contribution in [1.29, 1.82) is 0 Å². The van der Waals surface area contributed by atoms with E-state index in [-0.39, 0.29) is 12.3 Å². The van der Waals surface area contributed by atoms with Crippen LogP contribution in [0.3, 0.4) is 0 Å². The summed E-state index contributed by atoms with van der Waals surface area (Å²) in [7, 11) is 0. The Morgan fingerprint density at radius 2 is 1.61 bits per heavy atom. The third-order valence-electron chi connectivity index (χ3n) is 5.42. The first kappa shape index (κ1) is 18.4. The van der Waals surface area contributed by atoms with Crippen LogP contribution >= 0.6 is 0 Å². The Bertz CT molecular complexity index is 1160. The molecule has 2 nitrogen and oxygen atoms in total. The van der Waals surface area contributed by atoms with Gasteiger partial charge in [-0.3, -0.25) is 4.79 Å². The standard InChI is InChI=1S/C25H24FNO/c1-3-8-18(26)15-27-16-23(21-11-6-7-12-24(21)27)25(28)22-14-13-17(2)19-9-4-5-10-20(19)22/h4-7,9-14,16,18H,3,8,15H2,1-2H3/t18-/m1/s1. The molecule has 1 heterocycles. The lowest BCUT2D eigenvalue weighted by molar-refractivity contribution is 0.104. The van der Waals surface area contributed by atoms with E-state index >= 15 is 0 Å². The molecule has 0 aliphatic heterocycles. The van der Waals surface area contributed by atoms with Gasteiger partial charge in [0.15, 0.2) is 5.78 Å². The van der Waals surface area contributed by atoms with Crippen molar-refractivity contribution in [3.8, 4) is 0 Å². The van der Waals surface area contributed by atoms with Gasteiger partial charge in [0.1, 0.15) is 6.17 Å². The largest absolute Gasteiger partial charge is 0.344 e. The summed E-state index contributed by atoms with van der Waals surface area (Å²) in [6.07, 6.45) is 2.24. The predicted molar refractivity (Wildman–Crippen MR) is 114 cm³/mol. The van der Waals surface area contributed by atoms with E-state index in [0.29, 0.717) is 17.5 Å². The number of alkyl halides is 1. The summed E-state index contributed by atoms with van der Waals surface area (Å²) in [5.74, 6) is -0.0166. The van der Waals surface area contributed by atoms with Crippen molar-refractivity contribution in [2.45, 2.75) is 39.4 Å². The molecule has 28 heavy (non-hydrogen) atoms. The van der Waals surface area contributed by atoms with E-state index in [9.17, 15) is 9.18 Å². The highest BCUT2D eigenvalue weighted by molar-refractivity contribution is 6.21. The lowest BCUT2D eigenvalue weighted by atomic mass is 9.95. The molecule has 0 saturated heterocycles. The van der Waals surface area contributed by atoms with Crippen molar-refractivity contribution in [2.75, 3.05) is 0 Å². The van der Waals surface area contributed by atoms with E-state index in [1.807, 2.05) is 78.4 Å². The van der Waals surface area contributed by atoms with Crippen LogP contribution in [0.15, 0.2) is 66.9 Å². The number of halogens is 1. The number of carbonyl (C=O) groups excluding carboxylic acids is 1. The first-order valence-electron chi connectivity index (χ1n) is 9.85. The van der Waals surface area contributed by atoms with Crippen LogP contribution in [0, 0.1) is 6.92 Å². The number of rotatable bonds is 6. The molecule has 3 aromatic carbocycles. The predicted octanol–water partition coefficient (Wildman–Crippen LogP) is 6.47. The number of hydrogen-bond acceptors (Lipinski definition) is 1. The molecule has 4 aromatic rings. The fraction of sp³-hybridized carbons (Fsp3) is 0.240. The van der Waals surface area contributed by atoms with Gasteiger partial charge in [0.2, 0.25) is 0 Å². The Morgan fingerprint density at radius 1 is 0.929 bits per heavy atom. The minimum atomic E-state index is -0.913. The number of nitrogens with zero attached hydrogens (tertiary/aromatic N) is 1. The van der Waals surface area contributed by atoms with Gasteiger partial charge in [0.05, 0.1) is 6.54 Å². The molecular formula is C25H24FNO. The maximum absolute atomic E-state index is 14.3. The minimum absolute atomic E-state index is 0.0166. The summed E-state index contributed by atoms with van der Waals surface area (Å²) in [6.45, 7) is 4.31. The number of fused-ring (bicyclic) bond motifs is 2. The Kier molecular flexibility index (Phi) is 4.99. The van der Waals surface area contributed by atoms with Gasteiger partial charge >= 0.3 is 0 Å². The zero-order valence-corrected chi connectivity index (χ0v) is 16.3. The number of aromatic nitrogens is 1. The van der Waals surface area contributed by atoms with Crippen LogP contribution in [0.1, 0.15) is 41.3 Å². The number of ketones is 1. The molecule has 4 rings (SSSR count). The average Bonchev–Trinajstić information content (AvgIpc) is 3.07. The van der Waals surface area contributed by atoms with Crippen molar-refractivity contribution in [3.05, 3.63) is 83.6 Å². The van der Waals surface area contributed by atoms with E-state index in [2.05, 4.69) is 6.92 Å². The lowest BCUT2D eigenvalue weighted by Gasteiger charge is -2.09. The topological polar surface area (TPSA) is 22.0 Å². The van der Waals surface area contributed by atoms with E-state index in [1.54, 1.807) is 0 Å². The van der Waals surface area contributed by atoms with Crippen molar-refractivity contribution in [3.63, 3.8) is 0 Å². The zero-order chi connectivity index (χ0) is 19.7. The third-order valence-corrected chi connectivity index (χ3v) is 5.42. The smallest absolute Gasteiger partial charge is 0.195 e. The summed E-state index contributed by atoms with van der Waals surface area (Å²) in [5.41, 5.74) is 3.37. The van der Waals surface area contributed by atoms with Crippen LogP contribution in [0.5, 0.6) is 0 Å². The monoisotopic (exact) mass is 373 g/mol. The molecule has 0 saturated carbocycles. The minimum Gasteiger partial charge on any atom is -0.344 e. The SMILES string of the molecule is CCC[C@@H](F)Cn1cc(C(=O)c2ccc(C)c3ccccc23)c2ccccc21. The molecule has 1 aromatic heterocycles. The van der Waals surface area contributed by atoms with Gasteiger partial charge in [0, 0.05) is 28.2 Å². The molecule has 1 atom stereocenters. The van der Waals surface area contributed by atoms with Crippen LogP contribution < -0.4 is 0 Å². The van der Waals surface area contributed by atoms with E-state index < -0.39 is 6.17 Å². The van der Waals surface area contributed by atoms with Crippen molar-refractivity contribution in [2.24, 2.45) is 0 Å². The van der Waals surface area contributed by atoms with Crippen LogP contribution in [0.4, 0.5) is 4.39 Å². The molecule has 142 valence electrons. The molecule has 0 fully saturated rings. The van der Waals surface area contributed by atoms with Crippen LogP contribution in [-0.2, 0) is 6.54 Å². The molecule has 0 N–H and O–H groups in total. The normalized spacial score (nSPS) is 12.5. The second kappa shape index (κ2) is 7.59. The fourth-order valence-corrected chi connectivity index (χ4v) is 3.99. The van der Waals surface area contributed by atoms with Gasteiger partial charge in [0.25, 0.3) is 0 Å². The molecule has 0 bridgehead atoms. The molecule has 0 amide bonds. The molecular weight excluding hydrogens is 349 g/mol. The molecule has 0 aliphatic carbocycles. The van der Waals surface area contributed by atoms with E-state index in [4.69, 9.17) is 0 Å². The number of para-hydroxylation sites is 1. The second-order valence-corrected chi connectivity index (χ2v) is 7.40. The van der Waals surface area contributed by atoms with Crippen LogP contribution in [0.25, 0.3) is 21.7 Å². The highest BCUT2D eigenvalue weighted by Crippen LogP contribution is 2.29. The molecule has 0 radical (unpaired) electrons. The van der Waals surface area contributed by atoms with E-state index in [1.165, 1.54) is 0 Å². The number of carbonyl (C=O) groups is 1. The van der Waals surface area contributed by atoms with Gasteiger partial charge in [-0.05, 0) is 35.7 Å². The van der Waals surface area contributed by atoms with Gasteiger partial charge in [-0.2, -0.15) is 0 Å². The maximum atomic E-state index is 14.3. The zero-order valence-electron chi connectivity index (χ0n) is 16.3. The molecule has 0 spiro atoms. The van der Waals surface area contributed by atoms with Crippen molar-refractivity contribution >= 4 is 27.5 Å². The fourth-order valence-electron chi connectivity index (χ4n) is 3.99. The van der Waals surface area contributed by atoms with Gasteiger partial charge in [-0.15, -0.1) is 0 Å². The summed E-state index contributed by atoms with van der Waals surface area (Å²) in [5, 5.41) is 2.92. The molecule has 0 unspecified atom stereocenters. The number of benzene rings is 3. The van der Waals surface area contributed by atoms with Gasteiger partial charge in [-0.25, -0.2) is 4.39 Å². The lowest BCUT2D eigenvalue weighted by Crippen LogP contribution is -2.10. The molecule has 3 heteroatoms. The highest BCUT2D eigenvalue weighted by atomic mass is 19.1. The summed E-state index contributed by atoms with van der Waals surface area (Å²) in [4.78, 5) is 13.5.